The number of non-ortho nitro benzene ring substituents is 1. The molecule has 2 fully saturated rings. The molecule has 0 bridgehead atoms. The Morgan fingerprint density at radius 2 is 1.96 bits per heavy atom. The number of likely N-dealkylation sites (tertiary alicyclic amines) is 1. The number of hydrogen-bond donors (Lipinski definition) is 1. The fraction of sp³-hybridized carbons (Fsp3) is 0.562. The van der Waals surface area contributed by atoms with Crippen LogP contribution in [-0.2, 0) is 9.53 Å². The van der Waals surface area contributed by atoms with Crippen LogP contribution in [0, 0.1) is 10.1 Å². The van der Waals surface area contributed by atoms with Crippen LogP contribution in [0.4, 0.5) is 5.69 Å². The van der Waals surface area contributed by atoms with Gasteiger partial charge in [-0.25, -0.2) is 0 Å². The Hall–Kier alpha value is -1.90. The normalized spacial score (nSPS) is 21.3. The number of nitrogens with one attached hydrogen (secondary N) is 1. The van der Waals surface area contributed by atoms with Gasteiger partial charge in [0, 0.05) is 51.2 Å². The van der Waals surface area contributed by atoms with Gasteiger partial charge in [0.05, 0.1) is 11.5 Å². The summed E-state index contributed by atoms with van der Waals surface area (Å²) >= 11 is 0. The first-order valence-corrected chi connectivity index (χ1v) is 8.16. The third kappa shape index (κ3) is 5.04. The Bertz CT molecular complexity index is 584. The highest BCUT2D eigenvalue weighted by Gasteiger charge is 2.30. The molecule has 8 nitrogen and oxygen atoms in total. The third-order valence-electron chi connectivity index (χ3n) is 4.31. The maximum Gasteiger partial charge on any atom is 0.269 e. The number of hydrogen-bond acceptors (Lipinski definition) is 6. The predicted molar refractivity (Wildman–Crippen MR) is 93.2 cm³/mol. The minimum Gasteiger partial charge on any atom is -0.490 e. The average molecular weight is 372 g/mol. The van der Waals surface area contributed by atoms with Crippen molar-refractivity contribution in [3.05, 3.63) is 34.4 Å². The maximum atomic E-state index is 12.4. The minimum atomic E-state index is -0.434. The Kier molecular flexibility index (Phi) is 6.98. The van der Waals surface area contributed by atoms with E-state index in [2.05, 4.69) is 5.32 Å². The third-order valence-corrected chi connectivity index (χ3v) is 4.31. The van der Waals surface area contributed by atoms with Gasteiger partial charge in [-0.15, -0.1) is 12.4 Å². The molecule has 1 N–H and O–H groups in total. The van der Waals surface area contributed by atoms with E-state index in [1.807, 2.05) is 4.90 Å². The van der Waals surface area contributed by atoms with Crippen molar-refractivity contribution in [2.45, 2.75) is 25.0 Å². The first-order valence-electron chi connectivity index (χ1n) is 8.16. The molecular weight excluding hydrogens is 350 g/mol. The zero-order valence-corrected chi connectivity index (χ0v) is 14.6. The summed E-state index contributed by atoms with van der Waals surface area (Å²) in [6, 6.07) is 6.08. The summed E-state index contributed by atoms with van der Waals surface area (Å²) in [5, 5.41) is 13.8. The summed E-state index contributed by atoms with van der Waals surface area (Å²) in [6.07, 6.45) is 1.11. The number of benzene rings is 1. The molecule has 1 atom stereocenters. The Morgan fingerprint density at radius 3 is 2.52 bits per heavy atom. The fourth-order valence-electron chi connectivity index (χ4n) is 2.96. The van der Waals surface area contributed by atoms with Crippen LogP contribution in [0.25, 0.3) is 0 Å². The van der Waals surface area contributed by atoms with E-state index in [1.165, 1.54) is 12.1 Å². The van der Waals surface area contributed by atoms with Crippen LogP contribution in [0.15, 0.2) is 24.3 Å². The summed E-state index contributed by atoms with van der Waals surface area (Å²) < 4.78 is 11.4. The molecule has 2 aliphatic heterocycles. The summed E-state index contributed by atoms with van der Waals surface area (Å²) in [5.74, 6) is 0.654. The van der Waals surface area contributed by atoms with E-state index in [0.717, 1.165) is 19.4 Å². The van der Waals surface area contributed by atoms with E-state index in [1.54, 1.807) is 12.1 Å². The van der Waals surface area contributed by atoms with Gasteiger partial charge in [0.1, 0.15) is 18.0 Å². The molecular formula is C16H22ClN3O5. The fourth-order valence-corrected chi connectivity index (χ4v) is 2.96. The number of rotatable bonds is 4. The second kappa shape index (κ2) is 8.98. The van der Waals surface area contributed by atoms with Gasteiger partial charge in [-0.2, -0.15) is 0 Å². The number of nitrogens with zero attached hydrogens (tertiary/aromatic N) is 2. The maximum absolute atomic E-state index is 12.4. The Balaban J connectivity index is 0.00000225. The van der Waals surface area contributed by atoms with E-state index in [-0.39, 0.29) is 36.2 Å². The lowest BCUT2D eigenvalue weighted by Gasteiger charge is -2.35. The van der Waals surface area contributed by atoms with E-state index in [4.69, 9.17) is 9.47 Å². The molecule has 0 aliphatic carbocycles. The van der Waals surface area contributed by atoms with Gasteiger partial charge >= 0.3 is 0 Å². The lowest BCUT2D eigenvalue weighted by atomic mass is 10.1. The molecule has 3 rings (SSSR count). The van der Waals surface area contributed by atoms with Crippen LogP contribution < -0.4 is 10.1 Å². The minimum absolute atomic E-state index is 0. The number of piperidine rings is 1. The molecule has 2 saturated heterocycles. The molecule has 0 spiro atoms. The van der Waals surface area contributed by atoms with Crippen molar-refractivity contribution in [2.75, 3.05) is 32.8 Å². The molecule has 2 aliphatic rings. The molecule has 1 amide bonds. The van der Waals surface area contributed by atoms with Crippen molar-refractivity contribution in [1.82, 2.24) is 10.2 Å². The topological polar surface area (TPSA) is 93.9 Å². The molecule has 0 aromatic heterocycles. The predicted octanol–water partition coefficient (Wildman–Crippen LogP) is 1.37. The van der Waals surface area contributed by atoms with Gasteiger partial charge in [-0.05, 0) is 12.1 Å². The van der Waals surface area contributed by atoms with Crippen molar-refractivity contribution < 1.29 is 19.2 Å². The van der Waals surface area contributed by atoms with Crippen LogP contribution in [-0.4, -0.2) is 60.7 Å². The summed E-state index contributed by atoms with van der Waals surface area (Å²) in [7, 11) is 0. The van der Waals surface area contributed by atoms with Crippen molar-refractivity contribution in [3.8, 4) is 5.75 Å². The standard InChI is InChI=1S/C16H21N3O5.ClH/c20-16(15-11-17-7-10-23-15)18-8-5-14(6-9-18)24-13-3-1-12(2-4-13)19(21)22;/h1-4,14-15,17H,5-11H2;1H. The molecule has 1 aromatic carbocycles. The van der Waals surface area contributed by atoms with Crippen LogP contribution >= 0.6 is 12.4 Å². The summed E-state index contributed by atoms with van der Waals surface area (Å²) in [4.78, 5) is 24.4. The highest BCUT2D eigenvalue weighted by molar-refractivity contribution is 5.85. The largest absolute Gasteiger partial charge is 0.490 e. The molecule has 0 saturated carbocycles. The number of nitro benzene ring substituents is 1. The quantitative estimate of drug-likeness (QED) is 0.634. The second-order valence-electron chi connectivity index (χ2n) is 5.96. The summed E-state index contributed by atoms with van der Waals surface area (Å²) in [5.41, 5.74) is 0.0452. The molecule has 0 radical (unpaired) electrons. The van der Waals surface area contributed by atoms with E-state index >= 15 is 0 Å². The van der Waals surface area contributed by atoms with Crippen LogP contribution in [0.1, 0.15) is 12.8 Å². The van der Waals surface area contributed by atoms with E-state index in [9.17, 15) is 14.9 Å². The van der Waals surface area contributed by atoms with Gasteiger partial charge in [0.15, 0.2) is 0 Å². The number of carbonyl (C=O) groups excluding carboxylic acids is 1. The van der Waals surface area contributed by atoms with E-state index < -0.39 is 4.92 Å². The zero-order valence-electron chi connectivity index (χ0n) is 13.8. The van der Waals surface area contributed by atoms with Crippen molar-refractivity contribution >= 4 is 24.0 Å². The number of nitro groups is 1. The highest BCUT2D eigenvalue weighted by Crippen LogP contribution is 2.22. The number of ether oxygens (including phenoxy) is 2. The first kappa shape index (κ1) is 19.4. The van der Waals surface area contributed by atoms with Gasteiger partial charge < -0.3 is 19.7 Å². The number of carbonyl (C=O) groups is 1. The van der Waals surface area contributed by atoms with Gasteiger partial charge in [0.25, 0.3) is 11.6 Å². The summed E-state index contributed by atoms with van der Waals surface area (Å²) in [6.45, 7) is 3.19. The molecule has 1 unspecified atom stereocenters. The lowest BCUT2D eigenvalue weighted by Crippen LogP contribution is -2.52. The number of morpholine rings is 1. The van der Waals surface area contributed by atoms with Gasteiger partial charge in [-0.1, -0.05) is 0 Å². The average Bonchev–Trinajstić information content (AvgIpc) is 2.63. The van der Waals surface area contributed by atoms with E-state index in [0.29, 0.717) is 32.0 Å². The van der Waals surface area contributed by atoms with Crippen molar-refractivity contribution in [2.24, 2.45) is 0 Å². The molecule has 138 valence electrons. The van der Waals surface area contributed by atoms with Gasteiger partial charge in [-0.3, -0.25) is 14.9 Å². The zero-order chi connectivity index (χ0) is 16.9. The van der Waals surface area contributed by atoms with Crippen LogP contribution in [0.2, 0.25) is 0 Å². The van der Waals surface area contributed by atoms with Crippen molar-refractivity contribution in [1.29, 1.82) is 0 Å². The lowest BCUT2D eigenvalue weighted by molar-refractivity contribution is -0.384. The molecule has 25 heavy (non-hydrogen) atoms. The second-order valence-corrected chi connectivity index (χ2v) is 5.96. The molecule has 1 aromatic rings. The monoisotopic (exact) mass is 371 g/mol. The first-order chi connectivity index (χ1) is 11.6. The molecule has 9 heteroatoms. The number of halogens is 1. The van der Waals surface area contributed by atoms with Crippen LogP contribution in [0.3, 0.4) is 0 Å². The number of amides is 1. The Labute approximate surface area is 152 Å². The Morgan fingerprint density at radius 1 is 1.28 bits per heavy atom. The van der Waals surface area contributed by atoms with Crippen LogP contribution in [0.5, 0.6) is 5.75 Å². The SMILES string of the molecule is Cl.O=C(C1CNCCO1)N1CCC(Oc2ccc([N+](=O)[O-])cc2)CC1. The van der Waals surface area contributed by atoms with Gasteiger partial charge in [0.2, 0.25) is 0 Å². The van der Waals surface area contributed by atoms with Crippen molar-refractivity contribution in [3.63, 3.8) is 0 Å². The smallest absolute Gasteiger partial charge is 0.269 e. The molecule has 2 heterocycles. The highest BCUT2D eigenvalue weighted by atomic mass is 35.5.